The minimum absolute atomic E-state index is 0.774. The molecule has 0 radical (unpaired) electrons. The molecule has 0 spiro atoms. The summed E-state index contributed by atoms with van der Waals surface area (Å²) < 4.78 is 8.69. The Kier molecular flexibility index (Phi) is 5.54. The lowest BCUT2D eigenvalue weighted by Gasteiger charge is -2.11. The Morgan fingerprint density at radius 3 is 1.40 bits per heavy atom. The number of pyridine rings is 1. The van der Waals surface area contributed by atoms with Crippen LogP contribution < -0.4 is 0 Å². The Hall–Kier alpha value is -6.99. The third-order valence-electron chi connectivity index (χ3n) is 10.0. The maximum atomic E-state index is 4.75. The van der Waals surface area contributed by atoms with Gasteiger partial charge in [0.15, 0.2) is 5.82 Å². The van der Waals surface area contributed by atoms with Crippen LogP contribution >= 0.6 is 0 Å². The zero-order valence-electron chi connectivity index (χ0n) is 26.7. The van der Waals surface area contributed by atoms with Gasteiger partial charge >= 0.3 is 0 Å². The third-order valence-corrected chi connectivity index (χ3v) is 10.0. The van der Waals surface area contributed by atoms with Gasteiger partial charge in [0.1, 0.15) is 5.82 Å². The first-order valence-electron chi connectivity index (χ1n) is 16.7. The second-order valence-corrected chi connectivity index (χ2v) is 12.7. The molecule has 0 amide bonds. The molecule has 0 fully saturated rings. The van der Waals surface area contributed by atoms with Gasteiger partial charge in [-0.15, -0.1) is 5.10 Å². The molecule has 0 atom stereocenters. The predicted octanol–water partition coefficient (Wildman–Crippen LogP) is 9.95. The van der Waals surface area contributed by atoms with Gasteiger partial charge in [-0.05, 0) is 60.7 Å². The fraction of sp³-hybridized carbons (Fsp3) is 0. The number of fused-ring (bicyclic) bond motifs is 9. The molecule has 0 aliphatic carbocycles. The van der Waals surface area contributed by atoms with Gasteiger partial charge in [-0.25, -0.2) is 9.67 Å². The lowest BCUT2D eigenvalue weighted by atomic mass is 10.1. The SMILES string of the molecule is c1ccc(-n2c3ccccc3c3ccc(-n4c5ccccc5c5ccc(-n6cc(-n7c8ccccc8c8ccccc87)nn6)cc54)cc32)nc1. The normalized spacial score (nSPS) is 12.0. The second-order valence-electron chi connectivity index (χ2n) is 12.7. The van der Waals surface area contributed by atoms with Crippen molar-refractivity contribution in [3.63, 3.8) is 0 Å². The smallest absolute Gasteiger partial charge is 0.180 e. The van der Waals surface area contributed by atoms with Gasteiger partial charge in [-0.2, -0.15) is 0 Å². The number of rotatable bonds is 4. The summed E-state index contributed by atoms with van der Waals surface area (Å²) in [6.07, 6.45) is 3.87. The quantitative estimate of drug-likeness (QED) is 0.192. The summed E-state index contributed by atoms with van der Waals surface area (Å²) in [6.45, 7) is 0. The van der Waals surface area contributed by atoms with E-state index in [4.69, 9.17) is 10.1 Å². The lowest BCUT2D eigenvalue weighted by Crippen LogP contribution is -1.99. The topological polar surface area (TPSA) is 58.4 Å². The number of benzene rings is 6. The molecule has 234 valence electrons. The van der Waals surface area contributed by atoms with Crippen molar-refractivity contribution in [2.75, 3.05) is 0 Å². The minimum atomic E-state index is 0.774. The van der Waals surface area contributed by atoms with Gasteiger partial charge in [0.05, 0.1) is 45.0 Å². The molecule has 0 N–H and O–H groups in total. The standard InChI is InChI=1S/C43H27N7/c1-5-15-36-32(13-1)34-22-20-28(47-27-43(45-46-47)49-37-16-6-2-11-30(37)31-12-3-7-17-38(31)49)25-40(34)48(36)29-21-23-35-33-14-4-8-18-39(33)50(41(35)26-29)42-19-9-10-24-44-42/h1-27H. The van der Waals surface area contributed by atoms with Crippen LogP contribution in [-0.4, -0.2) is 33.7 Å². The van der Waals surface area contributed by atoms with Crippen molar-refractivity contribution in [2.45, 2.75) is 0 Å². The largest absolute Gasteiger partial charge is 0.309 e. The third kappa shape index (κ3) is 3.77. The van der Waals surface area contributed by atoms with E-state index in [2.05, 4.69) is 158 Å². The van der Waals surface area contributed by atoms with E-state index in [0.717, 1.165) is 56.1 Å². The fourth-order valence-electron chi connectivity index (χ4n) is 7.86. The molecule has 0 aliphatic heterocycles. The first kappa shape index (κ1) is 27.0. The Morgan fingerprint density at radius 1 is 0.360 bits per heavy atom. The highest BCUT2D eigenvalue weighted by atomic mass is 15.4. The fourth-order valence-corrected chi connectivity index (χ4v) is 7.86. The van der Waals surface area contributed by atoms with Crippen molar-refractivity contribution in [3.05, 3.63) is 164 Å². The van der Waals surface area contributed by atoms with Crippen LogP contribution in [0.5, 0.6) is 0 Å². The first-order chi connectivity index (χ1) is 24.8. The molecular formula is C43H27N7. The molecule has 11 rings (SSSR count). The van der Waals surface area contributed by atoms with Crippen LogP contribution in [0.2, 0.25) is 0 Å². The summed E-state index contributed by atoms with van der Waals surface area (Å²) in [4.78, 5) is 4.75. The van der Waals surface area contributed by atoms with Gasteiger partial charge in [0, 0.05) is 44.2 Å². The van der Waals surface area contributed by atoms with Gasteiger partial charge in [0.2, 0.25) is 0 Å². The van der Waals surface area contributed by atoms with E-state index in [9.17, 15) is 0 Å². The Balaban J connectivity index is 1.12. The number of nitrogens with zero attached hydrogens (tertiary/aromatic N) is 7. The summed E-state index contributed by atoms with van der Waals surface area (Å²) in [5.41, 5.74) is 8.70. The summed E-state index contributed by atoms with van der Waals surface area (Å²) in [6, 6.07) is 53.5. The van der Waals surface area contributed by atoms with Crippen molar-refractivity contribution in [3.8, 4) is 23.0 Å². The van der Waals surface area contributed by atoms with E-state index >= 15 is 0 Å². The van der Waals surface area contributed by atoms with E-state index in [-0.39, 0.29) is 0 Å². The average Bonchev–Trinajstić information content (AvgIpc) is 3.94. The average molecular weight is 642 g/mol. The van der Waals surface area contributed by atoms with Crippen LogP contribution in [0.1, 0.15) is 0 Å². The lowest BCUT2D eigenvalue weighted by molar-refractivity contribution is 0.801. The molecule has 50 heavy (non-hydrogen) atoms. The van der Waals surface area contributed by atoms with Crippen molar-refractivity contribution in [2.24, 2.45) is 0 Å². The molecule has 0 unspecified atom stereocenters. The number of hydrogen-bond donors (Lipinski definition) is 0. The molecule has 0 bridgehead atoms. The molecule has 11 aromatic rings. The zero-order chi connectivity index (χ0) is 32.8. The second kappa shape index (κ2) is 10.3. The van der Waals surface area contributed by atoms with Crippen molar-refractivity contribution in [1.82, 2.24) is 33.7 Å². The molecule has 5 heterocycles. The highest BCUT2D eigenvalue weighted by molar-refractivity contribution is 6.12. The van der Waals surface area contributed by atoms with E-state index in [1.807, 2.05) is 29.2 Å². The summed E-state index contributed by atoms with van der Waals surface area (Å²) in [7, 11) is 0. The minimum Gasteiger partial charge on any atom is -0.309 e. The molecule has 6 aromatic carbocycles. The molecule has 0 aliphatic rings. The van der Waals surface area contributed by atoms with Crippen LogP contribution in [0.3, 0.4) is 0 Å². The highest BCUT2D eigenvalue weighted by Gasteiger charge is 2.19. The van der Waals surface area contributed by atoms with E-state index in [1.54, 1.807) is 0 Å². The van der Waals surface area contributed by atoms with E-state index < -0.39 is 0 Å². The van der Waals surface area contributed by atoms with Gasteiger partial charge < -0.3 is 4.57 Å². The Bertz CT molecular complexity index is 3050. The van der Waals surface area contributed by atoms with E-state index in [1.165, 1.54) is 32.3 Å². The van der Waals surface area contributed by atoms with Gasteiger partial charge in [-0.3, -0.25) is 9.13 Å². The summed E-state index contributed by atoms with van der Waals surface area (Å²) in [5, 5.41) is 16.5. The zero-order valence-corrected chi connectivity index (χ0v) is 26.7. The van der Waals surface area contributed by atoms with Crippen LogP contribution in [0, 0.1) is 0 Å². The Morgan fingerprint density at radius 2 is 0.820 bits per heavy atom. The van der Waals surface area contributed by atoms with Crippen LogP contribution in [0.4, 0.5) is 0 Å². The van der Waals surface area contributed by atoms with Crippen LogP contribution in [0.15, 0.2) is 164 Å². The maximum Gasteiger partial charge on any atom is 0.180 e. The maximum absolute atomic E-state index is 4.75. The molecular weight excluding hydrogens is 615 g/mol. The molecule has 7 nitrogen and oxygen atoms in total. The number of aromatic nitrogens is 7. The molecule has 0 saturated heterocycles. The van der Waals surface area contributed by atoms with E-state index in [0.29, 0.717) is 0 Å². The molecule has 0 saturated carbocycles. The summed E-state index contributed by atoms with van der Waals surface area (Å²) in [5.74, 6) is 1.67. The first-order valence-corrected chi connectivity index (χ1v) is 16.7. The predicted molar refractivity (Wildman–Crippen MR) is 202 cm³/mol. The van der Waals surface area contributed by atoms with Crippen LogP contribution in [-0.2, 0) is 0 Å². The Labute approximate surface area is 285 Å². The van der Waals surface area contributed by atoms with Gasteiger partial charge in [0.25, 0.3) is 0 Å². The van der Waals surface area contributed by atoms with Gasteiger partial charge in [-0.1, -0.05) is 96.2 Å². The van der Waals surface area contributed by atoms with Crippen LogP contribution in [0.25, 0.3) is 88.4 Å². The summed E-state index contributed by atoms with van der Waals surface area (Å²) >= 11 is 0. The number of hydrogen-bond acceptors (Lipinski definition) is 3. The number of para-hydroxylation sites is 4. The van der Waals surface area contributed by atoms with Crippen molar-refractivity contribution < 1.29 is 0 Å². The van der Waals surface area contributed by atoms with Crippen molar-refractivity contribution in [1.29, 1.82) is 0 Å². The monoisotopic (exact) mass is 641 g/mol. The van der Waals surface area contributed by atoms with Crippen molar-refractivity contribution >= 4 is 65.4 Å². The molecule has 7 heteroatoms. The molecule has 5 aromatic heterocycles. The highest BCUT2D eigenvalue weighted by Crippen LogP contribution is 2.37.